The zero-order valence-electron chi connectivity index (χ0n) is 10.3. The van der Waals surface area contributed by atoms with Crippen LogP contribution >= 0.6 is 0 Å². The highest BCUT2D eigenvalue weighted by atomic mass is 16.3. The Morgan fingerprint density at radius 2 is 1.63 bits per heavy atom. The van der Waals surface area contributed by atoms with Gasteiger partial charge < -0.3 is 20.4 Å². The molecule has 0 heterocycles. The summed E-state index contributed by atoms with van der Waals surface area (Å²) in [6, 6.07) is 11.0. The van der Waals surface area contributed by atoms with Crippen LogP contribution in [0.5, 0.6) is 17.2 Å². The van der Waals surface area contributed by atoms with Crippen molar-refractivity contribution < 1.29 is 20.4 Å². The number of hydrogen-bond acceptors (Lipinski definition) is 4. The number of aryl methyl sites for hydroxylation is 1. The van der Waals surface area contributed by atoms with Crippen molar-refractivity contribution >= 4 is 0 Å². The van der Waals surface area contributed by atoms with E-state index in [-0.39, 0.29) is 17.2 Å². The third kappa shape index (κ3) is 3.17. The Bertz CT molecular complexity index is 566. The molecule has 0 aliphatic carbocycles. The highest BCUT2D eigenvalue weighted by molar-refractivity contribution is 5.40. The topological polar surface area (TPSA) is 80.9 Å². The van der Waals surface area contributed by atoms with Gasteiger partial charge in [0.25, 0.3) is 0 Å². The monoisotopic (exact) mass is 260 g/mol. The lowest BCUT2D eigenvalue weighted by Crippen LogP contribution is -2.00. The fraction of sp³-hybridized carbons (Fsp3) is 0.200. The van der Waals surface area contributed by atoms with Crippen LogP contribution in [0.2, 0.25) is 0 Å². The van der Waals surface area contributed by atoms with E-state index < -0.39 is 6.10 Å². The van der Waals surface area contributed by atoms with E-state index >= 15 is 0 Å². The Labute approximate surface area is 111 Å². The summed E-state index contributed by atoms with van der Waals surface area (Å²) in [5.41, 5.74) is 1.12. The van der Waals surface area contributed by atoms with Gasteiger partial charge in [0.15, 0.2) is 0 Å². The Kier molecular flexibility index (Phi) is 3.92. The Morgan fingerprint density at radius 3 is 2.32 bits per heavy atom. The zero-order valence-corrected chi connectivity index (χ0v) is 10.3. The van der Waals surface area contributed by atoms with Crippen molar-refractivity contribution in [3.8, 4) is 17.2 Å². The first-order valence-corrected chi connectivity index (χ1v) is 6.04. The molecule has 0 bridgehead atoms. The zero-order chi connectivity index (χ0) is 13.8. The lowest BCUT2D eigenvalue weighted by atomic mass is 10.00. The van der Waals surface area contributed by atoms with E-state index in [1.54, 1.807) is 18.2 Å². The van der Waals surface area contributed by atoms with Gasteiger partial charge in [-0.05, 0) is 36.6 Å². The lowest BCUT2D eigenvalue weighted by molar-refractivity contribution is 0.164. The molecule has 0 fully saturated rings. The van der Waals surface area contributed by atoms with E-state index in [9.17, 15) is 20.4 Å². The second-order valence-corrected chi connectivity index (χ2v) is 4.43. The minimum Gasteiger partial charge on any atom is -0.508 e. The van der Waals surface area contributed by atoms with E-state index in [1.165, 1.54) is 18.2 Å². The van der Waals surface area contributed by atoms with E-state index in [2.05, 4.69) is 0 Å². The van der Waals surface area contributed by atoms with Crippen molar-refractivity contribution in [1.29, 1.82) is 0 Å². The van der Waals surface area contributed by atoms with Gasteiger partial charge in [-0.2, -0.15) is 0 Å². The summed E-state index contributed by atoms with van der Waals surface area (Å²) < 4.78 is 0. The molecular weight excluding hydrogens is 244 g/mol. The molecule has 0 aromatic heterocycles. The van der Waals surface area contributed by atoms with Crippen LogP contribution in [0.1, 0.15) is 23.7 Å². The summed E-state index contributed by atoms with van der Waals surface area (Å²) in [6.07, 6.45) is 0.0181. The van der Waals surface area contributed by atoms with Gasteiger partial charge in [0, 0.05) is 11.6 Å². The molecule has 4 heteroatoms. The summed E-state index contributed by atoms with van der Waals surface area (Å²) in [7, 11) is 0. The van der Waals surface area contributed by atoms with Gasteiger partial charge in [0.1, 0.15) is 17.2 Å². The van der Waals surface area contributed by atoms with E-state index in [4.69, 9.17) is 0 Å². The van der Waals surface area contributed by atoms with Crippen LogP contribution in [0, 0.1) is 0 Å². The maximum atomic E-state index is 10.0. The van der Waals surface area contributed by atoms with Crippen LogP contribution in [0.3, 0.4) is 0 Å². The van der Waals surface area contributed by atoms with Crippen LogP contribution in [0.25, 0.3) is 0 Å². The van der Waals surface area contributed by atoms with Gasteiger partial charge in [-0.25, -0.2) is 0 Å². The maximum absolute atomic E-state index is 10.0. The van der Waals surface area contributed by atoms with Crippen LogP contribution in [-0.4, -0.2) is 20.4 Å². The molecule has 4 N–H and O–H groups in total. The van der Waals surface area contributed by atoms with Crippen molar-refractivity contribution in [3.05, 3.63) is 53.6 Å². The largest absolute Gasteiger partial charge is 0.508 e. The number of rotatable bonds is 4. The van der Waals surface area contributed by atoms with Gasteiger partial charge >= 0.3 is 0 Å². The first-order valence-electron chi connectivity index (χ1n) is 6.04. The minimum absolute atomic E-state index is 0.0471. The van der Waals surface area contributed by atoms with Crippen LogP contribution < -0.4 is 0 Å². The molecule has 2 aromatic rings. The number of phenolic OH excluding ortho intramolecular Hbond substituents is 3. The molecule has 0 amide bonds. The number of aromatic hydroxyl groups is 3. The summed E-state index contributed by atoms with van der Waals surface area (Å²) in [6.45, 7) is 0. The van der Waals surface area contributed by atoms with Crippen LogP contribution in [0.15, 0.2) is 42.5 Å². The Balaban J connectivity index is 2.05. The molecule has 0 saturated carbocycles. The molecule has 0 aliphatic heterocycles. The Hall–Kier alpha value is -2.20. The molecule has 100 valence electrons. The molecule has 0 aliphatic rings. The van der Waals surface area contributed by atoms with Crippen molar-refractivity contribution in [3.63, 3.8) is 0 Å². The third-order valence-corrected chi connectivity index (χ3v) is 3.05. The number of aliphatic hydroxyl groups is 1. The van der Waals surface area contributed by atoms with E-state index in [1.807, 2.05) is 6.07 Å². The van der Waals surface area contributed by atoms with Crippen LogP contribution in [0.4, 0.5) is 0 Å². The molecule has 2 rings (SSSR count). The SMILES string of the molecule is Oc1ccc([C@@H](O)CCc2ccccc2O)c(O)c1. The Morgan fingerprint density at radius 1 is 0.895 bits per heavy atom. The number of aliphatic hydroxyl groups excluding tert-OH is 1. The third-order valence-electron chi connectivity index (χ3n) is 3.05. The van der Waals surface area contributed by atoms with E-state index in [0.29, 0.717) is 18.4 Å². The number of para-hydroxylation sites is 1. The maximum Gasteiger partial charge on any atom is 0.125 e. The summed E-state index contributed by atoms with van der Waals surface area (Å²) in [4.78, 5) is 0. The fourth-order valence-electron chi connectivity index (χ4n) is 1.98. The van der Waals surface area contributed by atoms with Crippen LogP contribution in [-0.2, 0) is 6.42 Å². The second-order valence-electron chi connectivity index (χ2n) is 4.43. The van der Waals surface area contributed by atoms with Gasteiger partial charge in [-0.1, -0.05) is 18.2 Å². The molecule has 2 aromatic carbocycles. The molecular formula is C15H16O4. The first-order chi connectivity index (χ1) is 9.08. The van der Waals surface area contributed by atoms with Crippen molar-refractivity contribution in [1.82, 2.24) is 0 Å². The van der Waals surface area contributed by atoms with Crippen molar-refractivity contribution in [2.45, 2.75) is 18.9 Å². The normalized spacial score (nSPS) is 12.3. The molecule has 0 radical (unpaired) electrons. The molecule has 0 unspecified atom stereocenters. The van der Waals surface area contributed by atoms with Gasteiger partial charge in [-0.3, -0.25) is 0 Å². The van der Waals surface area contributed by atoms with Gasteiger partial charge in [0.05, 0.1) is 6.10 Å². The average molecular weight is 260 g/mol. The number of benzene rings is 2. The molecule has 0 spiro atoms. The van der Waals surface area contributed by atoms with Crippen molar-refractivity contribution in [2.75, 3.05) is 0 Å². The molecule has 19 heavy (non-hydrogen) atoms. The molecule has 1 atom stereocenters. The highest BCUT2D eigenvalue weighted by Crippen LogP contribution is 2.31. The number of hydrogen-bond donors (Lipinski definition) is 4. The van der Waals surface area contributed by atoms with Crippen molar-refractivity contribution in [2.24, 2.45) is 0 Å². The standard InChI is InChI=1S/C15H16O4/c16-11-6-7-12(15(19)9-11)14(18)8-5-10-3-1-2-4-13(10)17/h1-4,6-7,9,14,16-19H,5,8H2/t14-/m0/s1. The summed E-state index contributed by atoms with van der Waals surface area (Å²) >= 11 is 0. The molecule has 0 saturated heterocycles. The summed E-state index contributed by atoms with van der Waals surface area (Å²) in [5.74, 6) is 0.0172. The quantitative estimate of drug-likeness (QED) is 0.680. The van der Waals surface area contributed by atoms with Gasteiger partial charge in [-0.15, -0.1) is 0 Å². The smallest absolute Gasteiger partial charge is 0.125 e. The number of phenols is 3. The predicted octanol–water partition coefficient (Wildman–Crippen LogP) is 2.47. The predicted molar refractivity (Wildman–Crippen MR) is 71.2 cm³/mol. The summed E-state index contributed by atoms with van der Waals surface area (Å²) in [5, 5.41) is 38.5. The second kappa shape index (κ2) is 5.63. The lowest BCUT2D eigenvalue weighted by Gasteiger charge is -2.13. The first kappa shape index (κ1) is 13.2. The highest BCUT2D eigenvalue weighted by Gasteiger charge is 2.13. The van der Waals surface area contributed by atoms with Gasteiger partial charge in [0.2, 0.25) is 0 Å². The average Bonchev–Trinajstić information content (AvgIpc) is 2.37. The molecule has 4 nitrogen and oxygen atoms in total. The van der Waals surface area contributed by atoms with E-state index in [0.717, 1.165) is 5.56 Å². The fourth-order valence-corrected chi connectivity index (χ4v) is 1.98. The minimum atomic E-state index is -0.847.